The summed E-state index contributed by atoms with van der Waals surface area (Å²) in [5, 5.41) is 3.16. The minimum atomic E-state index is 0.454. The van der Waals surface area contributed by atoms with E-state index in [1.165, 1.54) is 27.8 Å². The number of nitrogens with one attached hydrogen (secondary N) is 1. The number of hydrogen-bond acceptors (Lipinski definition) is 3. The number of ether oxygens (including phenoxy) is 1. The van der Waals surface area contributed by atoms with E-state index in [-0.39, 0.29) is 0 Å². The Morgan fingerprint density at radius 3 is 3.06 bits per heavy atom. The zero-order valence-electron chi connectivity index (χ0n) is 10.0. The van der Waals surface area contributed by atoms with Crippen molar-refractivity contribution in [1.82, 2.24) is 5.32 Å². The van der Waals surface area contributed by atoms with Crippen LogP contribution < -0.4 is 5.32 Å². The molecule has 0 saturated carbocycles. The van der Waals surface area contributed by atoms with Crippen LogP contribution in [0, 0.1) is 0 Å². The summed E-state index contributed by atoms with van der Waals surface area (Å²) in [5.41, 5.74) is 1.30. The van der Waals surface area contributed by atoms with Crippen LogP contribution in [0.5, 0.6) is 0 Å². The lowest BCUT2D eigenvalue weighted by Crippen LogP contribution is -2.08. The summed E-state index contributed by atoms with van der Waals surface area (Å²) in [6, 6.07) is 6.57. The number of halogens is 1. The summed E-state index contributed by atoms with van der Waals surface area (Å²) in [6.45, 7) is 1.84. The van der Waals surface area contributed by atoms with E-state index in [9.17, 15) is 0 Å². The maximum atomic E-state index is 5.62. The first-order valence-electron chi connectivity index (χ1n) is 5.97. The number of rotatable bonds is 5. The van der Waals surface area contributed by atoms with E-state index in [0.29, 0.717) is 6.10 Å². The number of benzene rings is 1. The molecular weight excluding hydrogens is 298 g/mol. The van der Waals surface area contributed by atoms with Gasteiger partial charge in [0.2, 0.25) is 0 Å². The van der Waals surface area contributed by atoms with Crippen LogP contribution in [0.4, 0.5) is 0 Å². The Balaban J connectivity index is 1.90. The molecule has 1 aromatic carbocycles. The molecule has 17 heavy (non-hydrogen) atoms. The van der Waals surface area contributed by atoms with Gasteiger partial charge in [-0.3, -0.25) is 0 Å². The molecule has 1 heterocycles. The summed E-state index contributed by atoms with van der Waals surface area (Å²) in [5.74, 6) is 1.07. The van der Waals surface area contributed by atoms with Crippen molar-refractivity contribution in [2.24, 2.45) is 0 Å². The molecule has 1 aliphatic rings. The molecule has 1 atom stereocenters. The van der Waals surface area contributed by atoms with Gasteiger partial charge >= 0.3 is 0 Å². The highest BCUT2D eigenvalue weighted by atomic mass is 79.9. The van der Waals surface area contributed by atoms with Gasteiger partial charge in [0.15, 0.2) is 0 Å². The third-order valence-electron chi connectivity index (χ3n) is 2.85. The Bertz CT molecular complexity index is 366. The fourth-order valence-electron chi connectivity index (χ4n) is 1.92. The van der Waals surface area contributed by atoms with Gasteiger partial charge in [0, 0.05) is 28.3 Å². The molecule has 1 fully saturated rings. The van der Waals surface area contributed by atoms with Crippen LogP contribution in [0.25, 0.3) is 0 Å². The monoisotopic (exact) mass is 315 g/mol. The molecule has 1 N–H and O–H groups in total. The zero-order valence-corrected chi connectivity index (χ0v) is 12.4. The molecule has 0 amide bonds. The lowest BCUT2D eigenvalue weighted by molar-refractivity contribution is 0.129. The molecule has 1 unspecified atom stereocenters. The summed E-state index contributed by atoms with van der Waals surface area (Å²) in [7, 11) is 1.96. The molecule has 2 nitrogen and oxygen atoms in total. The lowest BCUT2D eigenvalue weighted by atomic mass is 10.2. The van der Waals surface area contributed by atoms with Crippen molar-refractivity contribution in [1.29, 1.82) is 0 Å². The van der Waals surface area contributed by atoms with Crippen LogP contribution in [0.3, 0.4) is 0 Å². The van der Waals surface area contributed by atoms with Gasteiger partial charge in [-0.2, -0.15) is 0 Å². The summed E-state index contributed by atoms with van der Waals surface area (Å²) < 4.78 is 6.81. The second kappa shape index (κ2) is 6.78. The Labute approximate surface area is 116 Å². The van der Waals surface area contributed by atoms with Crippen molar-refractivity contribution in [3.8, 4) is 0 Å². The highest BCUT2D eigenvalue weighted by molar-refractivity contribution is 9.10. The van der Waals surface area contributed by atoms with Gasteiger partial charge in [0.25, 0.3) is 0 Å². The van der Waals surface area contributed by atoms with Gasteiger partial charge in [0.05, 0.1) is 6.10 Å². The first-order chi connectivity index (χ1) is 8.29. The molecule has 0 spiro atoms. The molecule has 1 aromatic rings. The van der Waals surface area contributed by atoms with Crippen molar-refractivity contribution in [3.05, 3.63) is 28.2 Å². The van der Waals surface area contributed by atoms with Gasteiger partial charge in [0.1, 0.15) is 0 Å². The summed E-state index contributed by atoms with van der Waals surface area (Å²) in [6.07, 6.45) is 2.89. The van der Waals surface area contributed by atoms with Crippen molar-refractivity contribution in [2.45, 2.75) is 30.4 Å². The van der Waals surface area contributed by atoms with E-state index in [0.717, 1.165) is 18.9 Å². The third-order valence-corrected chi connectivity index (χ3v) is 4.72. The SMILES string of the molecule is CNCc1ccc(SCC2CCCO2)cc1Br. The van der Waals surface area contributed by atoms with E-state index >= 15 is 0 Å². The maximum absolute atomic E-state index is 5.62. The van der Waals surface area contributed by atoms with Gasteiger partial charge in [-0.25, -0.2) is 0 Å². The highest BCUT2D eigenvalue weighted by Gasteiger charge is 2.15. The van der Waals surface area contributed by atoms with Crippen molar-refractivity contribution in [2.75, 3.05) is 19.4 Å². The van der Waals surface area contributed by atoms with Crippen molar-refractivity contribution >= 4 is 27.7 Å². The number of thioether (sulfide) groups is 1. The van der Waals surface area contributed by atoms with Gasteiger partial charge in [-0.05, 0) is 37.6 Å². The standard InChI is InChI=1S/C13H18BrNOS/c1-15-8-10-4-5-12(7-13(10)14)17-9-11-3-2-6-16-11/h4-5,7,11,15H,2-3,6,8-9H2,1H3. The van der Waals surface area contributed by atoms with Crippen LogP contribution >= 0.6 is 27.7 Å². The van der Waals surface area contributed by atoms with E-state index < -0.39 is 0 Å². The molecule has 0 radical (unpaired) electrons. The minimum Gasteiger partial charge on any atom is -0.377 e. The molecule has 0 aliphatic carbocycles. The lowest BCUT2D eigenvalue weighted by Gasteiger charge is -2.10. The Morgan fingerprint density at radius 2 is 2.41 bits per heavy atom. The van der Waals surface area contributed by atoms with Crippen molar-refractivity contribution < 1.29 is 4.74 Å². The second-order valence-electron chi connectivity index (χ2n) is 4.23. The molecule has 1 saturated heterocycles. The zero-order chi connectivity index (χ0) is 12.1. The Hall–Kier alpha value is -0.0300. The van der Waals surface area contributed by atoms with Crippen LogP contribution in [0.2, 0.25) is 0 Å². The summed E-state index contributed by atoms with van der Waals surface area (Å²) >= 11 is 5.50. The highest BCUT2D eigenvalue weighted by Crippen LogP contribution is 2.28. The van der Waals surface area contributed by atoms with Crippen LogP contribution in [0.15, 0.2) is 27.6 Å². The molecule has 0 aromatic heterocycles. The normalized spacial score (nSPS) is 19.8. The Morgan fingerprint density at radius 1 is 1.53 bits per heavy atom. The average molecular weight is 316 g/mol. The molecule has 94 valence electrons. The minimum absolute atomic E-state index is 0.454. The van der Waals surface area contributed by atoms with E-state index in [1.807, 2.05) is 18.8 Å². The van der Waals surface area contributed by atoms with Gasteiger partial charge in [-0.1, -0.05) is 22.0 Å². The fraction of sp³-hybridized carbons (Fsp3) is 0.538. The quantitative estimate of drug-likeness (QED) is 0.841. The van der Waals surface area contributed by atoms with Gasteiger partial charge < -0.3 is 10.1 Å². The smallest absolute Gasteiger partial charge is 0.0669 e. The second-order valence-corrected chi connectivity index (χ2v) is 6.18. The third kappa shape index (κ3) is 3.98. The predicted octanol–water partition coefficient (Wildman–Crippen LogP) is 3.44. The topological polar surface area (TPSA) is 21.3 Å². The first kappa shape index (κ1) is 13.4. The average Bonchev–Trinajstić information content (AvgIpc) is 2.83. The maximum Gasteiger partial charge on any atom is 0.0669 e. The van der Waals surface area contributed by atoms with Crippen LogP contribution in [-0.4, -0.2) is 25.5 Å². The van der Waals surface area contributed by atoms with Crippen molar-refractivity contribution in [3.63, 3.8) is 0 Å². The van der Waals surface area contributed by atoms with E-state index in [1.54, 1.807) is 0 Å². The fourth-order valence-corrected chi connectivity index (χ4v) is 3.59. The van der Waals surface area contributed by atoms with E-state index in [2.05, 4.69) is 39.4 Å². The molecule has 1 aliphatic heterocycles. The van der Waals surface area contributed by atoms with Gasteiger partial charge in [-0.15, -0.1) is 11.8 Å². The van der Waals surface area contributed by atoms with Crippen LogP contribution in [0.1, 0.15) is 18.4 Å². The largest absolute Gasteiger partial charge is 0.377 e. The first-order valence-corrected chi connectivity index (χ1v) is 7.75. The molecule has 2 rings (SSSR count). The molecule has 4 heteroatoms. The molecular formula is C13H18BrNOS. The van der Waals surface area contributed by atoms with E-state index in [4.69, 9.17) is 4.74 Å². The Kier molecular flexibility index (Phi) is 5.35. The predicted molar refractivity (Wildman–Crippen MR) is 76.6 cm³/mol. The molecule has 0 bridgehead atoms. The van der Waals surface area contributed by atoms with Crippen LogP contribution in [-0.2, 0) is 11.3 Å². The summed E-state index contributed by atoms with van der Waals surface area (Å²) in [4.78, 5) is 1.31. The number of hydrogen-bond donors (Lipinski definition) is 1.